The zero-order valence-corrected chi connectivity index (χ0v) is 16.2. The number of rotatable bonds is 6. The van der Waals surface area contributed by atoms with E-state index >= 15 is 0 Å². The number of methoxy groups -OCH3 is 1. The summed E-state index contributed by atoms with van der Waals surface area (Å²) in [5.41, 5.74) is 2.30. The number of piperidine rings is 1. The summed E-state index contributed by atoms with van der Waals surface area (Å²) in [4.78, 5) is 27.0. The van der Waals surface area contributed by atoms with Crippen molar-refractivity contribution in [3.63, 3.8) is 0 Å². The predicted molar refractivity (Wildman–Crippen MR) is 102 cm³/mol. The second-order valence-electron chi connectivity index (χ2n) is 7.24. The minimum atomic E-state index is -0.189. The molecule has 2 rings (SSSR count). The van der Waals surface area contributed by atoms with Crippen molar-refractivity contribution in [2.24, 2.45) is 5.92 Å². The number of carbonyl (C=O) groups excluding carboxylic acids is 2. The van der Waals surface area contributed by atoms with Gasteiger partial charge in [0.05, 0.1) is 18.6 Å². The quantitative estimate of drug-likeness (QED) is 0.765. The van der Waals surface area contributed by atoms with Gasteiger partial charge >= 0.3 is 6.03 Å². The van der Waals surface area contributed by atoms with Crippen LogP contribution in [0.15, 0.2) is 24.3 Å². The molecule has 0 saturated carbocycles. The number of carbonyl (C=O) groups is 2. The first-order valence-corrected chi connectivity index (χ1v) is 9.32. The summed E-state index contributed by atoms with van der Waals surface area (Å²) in [5.74, 6) is -0.196. The number of benzene rings is 1. The van der Waals surface area contributed by atoms with Crippen LogP contribution in [-0.2, 0) is 9.53 Å². The number of nitrogens with zero attached hydrogens (tertiary/aromatic N) is 1. The second-order valence-corrected chi connectivity index (χ2v) is 7.24. The van der Waals surface area contributed by atoms with Gasteiger partial charge in [-0.1, -0.05) is 29.8 Å². The zero-order chi connectivity index (χ0) is 19.1. The van der Waals surface area contributed by atoms with Crippen LogP contribution in [0.3, 0.4) is 0 Å². The van der Waals surface area contributed by atoms with Crippen LogP contribution >= 0.6 is 0 Å². The maximum Gasteiger partial charge on any atom is 0.318 e. The highest BCUT2D eigenvalue weighted by Gasteiger charge is 2.35. The Morgan fingerprint density at radius 2 is 2.08 bits per heavy atom. The van der Waals surface area contributed by atoms with Crippen LogP contribution in [0.1, 0.15) is 43.9 Å². The maximum atomic E-state index is 12.8. The third-order valence-electron chi connectivity index (χ3n) is 4.66. The lowest BCUT2D eigenvalue weighted by Gasteiger charge is -2.40. The summed E-state index contributed by atoms with van der Waals surface area (Å²) in [6.07, 6.45) is 1.54. The molecule has 1 saturated heterocycles. The summed E-state index contributed by atoms with van der Waals surface area (Å²) in [7, 11) is 1.61. The third kappa shape index (κ3) is 5.46. The van der Waals surface area contributed by atoms with Gasteiger partial charge in [0.15, 0.2) is 0 Å². The molecule has 2 atom stereocenters. The fraction of sp³-hybridized carbons (Fsp3) is 0.600. The zero-order valence-electron chi connectivity index (χ0n) is 16.2. The molecule has 26 heavy (non-hydrogen) atoms. The van der Waals surface area contributed by atoms with Crippen molar-refractivity contribution in [1.29, 1.82) is 0 Å². The van der Waals surface area contributed by atoms with Gasteiger partial charge in [-0.25, -0.2) is 4.79 Å². The molecular weight excluding hydrogens is 330 g/mol. The highest BCUT2D eigenvalue weighted by Crippen LogP contribution is 2.34. The molecule has 3 amide bonds. The van der Waals surface area contributed by atoms with E-state index in [1.54, 1.807) is 7.11 Å². The van der Waals surface area contributed by atoms with Gasteiger partial charge in [-0.2, -0.15) is 0 Å². The molecule has 0 bridgehead atoms. The summed E-state index contributed by atoms with van der Waals surface area (Å²) in [6, 6.07) is 8.20. The van der Waals surface area contributed by atoms with Crippen LogP contribution in [-0.4, -0.2) is 49.7 Å². The Bertz CT molecular complexity index is 618. The van der Waals surface area contributed by atoms with Crippen LogP contribution in [0, 0.1) is 12.8 Å². The van der Waals surface area contributed by atoms with Gasteiger partial charge in [-0.15, -0.1) is 0 Å². The number of amides is 3. The van der Waals surface area contributed by atoms with Crippen LogP contribution in [0.2, 0.25) is 0 Å². The second kappa shape index (κ2) is 9.57. The molecule has 1 aromatic rings. The summed E-state index contributed by atoms with van der Waals surface area (Å²) < 4.78 is 4.98. The Morgan fingerprint density at radius 1 is 1.31 bits per heavy atom. The topological polar surface area (TPSA) is 70.7 Å². The monoisotopic (exact) mass is 361 g/mol. The van der Waals surface area contributed by atoms with Crippen LogP contribution in [0.4, 0.5) is 4.79 Å². The van der Waals surface area contributed by atoms with Crippen molar-refractivity contribution in [2.45, 2.75) is 45.7 Å². The molecule has 0 aliphatic carbocycles. The lowest BCUT2D eigenvalue weighted by atomic mass is 9.88. The van der Waals surface area contributed by atoms with Crippen LogP contribution in [0.5, 0.6) is 0 Å². The molecule has 1 aromatic carbocycles. The molecule has 1 aliphatic rings. The molecule has 1 fully saturated rings. The molecule has 144 valence electrons. The van der Waals surface area contributed by atoms with Crippen LogP contribution < -0.4 is 10.6 Å². The standard InChI is InChI=1S/C20H31N3O3/c1-14(2)22-20(25)23-13-17(19(24)21-10-11-26-4)8-9-18(23)16-7-5-6-15(3)12-16/h5-7,12,14,17-18H,8-11,13H2,1-4H3,(H,21,24)(H,22,25)/t17-,18+/m1/s1. The Morgan fingerprint density at radius 3 is 2.73 bits per heavy atom. The number of ether oxygens (including phenoxy) is 1. The van der Waals surface area contributed by atoms with Crippen molar-refractivity contribution in [3.8, 4) is 0 Å². The fourth-order valence-corrected chi connectivity index (χ4v) is 3.38. The first kappa shape index (κ1) is 20.2. The van der Waals surface area contributed by atoms with E-state index in [2.05, 4.69) is 35.8 Å². The number of urea groups is 1. The summed E-state index contributed by atoms with van der Waals surface area (Å²) in [6.45, 7) is 7.34. The molecule has 2 N–H and O–H groups in total. The fourth-order valence-electron chi connectivity index (χ4n) is 3.38. The lowest BCUT2D eigenvalue weighted by Crippen LogP contribution is -2.51. The number of aryl methyl sites for hydroxylation is 1. The molecule has 0 spiro atoms. The van der Waals surface area contributed by atoms with Gasteiger partial charge in [0.1, 0.15) is 0 Å². The average molecular weight is 361 g/mol. The first-order chi connectivity index (χ1) is 12.4. The first-order valence-electron chi connectivity index (χ1n) is 9.32. The average Bonchev–Trinajstić information content (AvgIpc) is 2.60. The maximum absolute atomic E-state index is 12.8. The van der Waals surface area contributed by atoms with Crippen molar-refractivity contribution in [3.05, 3.63) is 35.4 Å². The van der Waals surface area contributed by atoms with E-state index in [0.29, 0.717) is 19.7 Å². The molecule has 6 nitrogen and oxygen atoms in total. The third-order valence-corrected chi connectivity index (χ3v) is 4.66. The summed E-state index contributed by atoms with van der Waals surface area (Å²) in [5, 5.41) is 5.87. The number of likely N-dealkylation sites (tertiary alicyclic amines) is 1. The highest BCUT2D eigenvalue weighted by atomic mass is 16.5. The van der Waals surface area contributed by atoms with E-state index in [4.69, 9.17) is 4.74 Å². The van der Waals surface area contributed by atoms with Gasteiger partial charge in [-0.3, -0.25) is 4.79 Å². The van der Waals surface area contributed by atoms with E-state index in [1.165, 1.54) is 5.56 Å². The molecular formula is C20H31N3O3. The Kier molecular flexibility index (Phi) is 7.45. The Balaban J connectivity index is 2.14. The molecule has 0 aromatic heterocycles. The van der Waals surface area contributed by atoms with E-state index in [9.17, 15) is 9.59 Å². The molecule has 1 aliphatic heterocycles. The van der Waals surface area contributed by atoms with E-state index in [-0.39, 0.29) is 29.9 Å². The van der Waals surface area contributed by atoms with Crippen molar-refractivity contribution in [1.82, 2.24) is 15.5 Å². The smallest absolute Gasteiger partial charge is 0.318 e. The predicted octanol–water partition coefficient (Wildman–Crippen LogP) is 2.63. The van der Waals surface area contributed by atoms with Gasteiger partial charge in [0, 0.05) is 26.2 Å². The lowest BCUT2D eigenvalue weighted by molar-refractivity contribution is -0.127. The SMILES string of the molecule is COCCNC(=O)[C@@H]1CC[C@@H](c2cccc(C)c2)N(C(=O)NC(C)C)C1. The minimum absolute atomic E-state index is 0.00308. The van der Waals surface area contributed by atoms with Gasteiger partial charge in [0.2, 0.25) is 5.91 Å². The van der Waals surface area contributed by atoms with Gasteiger partial charge in [-0.05, 0) is 39.2 Å². The van der Waals surface area contributed by atoms with Gasteiger partial charge in [0.25, 0.3) is 0 Å². The summed E-state index contributed by atoms with van der Waals surface area (Å²) >= 11 is 0. The normalized spacial score (nSPS) is 20.1. The van der Waals surface area contributed by atoms with Gasteiger partial charge < -0.3 is 20.3 Å². The molecule has 0 unspecified atom stereocenters. The Labute approximate surface area is 156 Å². The van der Waals surface area contributed by atoms with Crippen LogP contribution in [0.25, 0.3) is 0 Å². The van der Waals surface area contributed by atoms with Crippen molar-refractivity contribution >= 4 is 11.9 Å². The van der Waals surface area contributed by atoms with Crippen molar-refractivity contribution < 1.29 is 14.3 Å². The minimum Gasteiger partial charge on any atom is -0.383 e. The molecule has 1 heterocycles. The highest BCUT2D eigenvalue weighted by molar-refractivity contribution is 5.81. The Hall–Kier alpha value is -2.08. The number of hydrogen-bond donors (Lipinski definition) is 2. The largest absolute Gasteiger partial charge is 0.383 e. The number of hydrogen-bond acceptors (Lipinski definition) is 3. The van der Waals surface area contributed by atoms with E-state index in [1.807, 2.05) is 24.8 Å². The van der Waals surface area contributed by atoms with E-state index < -0.39 is 0 Å². The molecule has 0 radical (unpaired) electrons. The van der Waals surface area contributed by atoms with E-state index in [0.717, 1.165) is 18.4 Å². The number of nitrogens with one attached hydrogen (secondary N) is 2. The van der Waals surface area contributed by atoms with Crippen molar-refractivity contribution in [2.75, 3.05) is 26.8 Å². The molecule has 6 heteroatoms.